The van der Waals surface area contributed by atoms with E-state index in [1.165, 1.54) is 0 Å². The number of aryl methyl sites for hydroxylation is 1. The maximum absolute atomic E-state index is 11.1. The van der Waals surface area contributed by atoms with E-state index in [9.17, 15) is 4.79 Å². The van der Waals surface area contributed by atoms with Crippen LogP contribution >= 0.6 is 0 Å². The van der Waals surface area contributed by atoms with Gasteiger partial charge in [0.05, 0.1) is 11.2 Å². The summed E-state index contributed by atoms with van der Waals surface area (Å²) in [5.41, 5.74) is 1.56. The molecule has 0 bridgehead atoms. The number of carbonyl (C=O) groups is 1. The van der Waals surface area contributed by atoms with E-state index in [1.54, 1.807) is 10.6 Å². The number of fused-ring (bicyclic) bond motifs is 1. The summed E-state index contributed by atoms with van der Waals surface area (Å²) in [6.07, 6.45) is 0.656. The summed E-state index contributed by atoms with van der Waals surface area (Å²) in [4.78, 5) is 15.2. The van der Waals surface area contributed by atoms with Gasteiger partial charge in [-0.3, -0.25) is 0 Å². The highest BCUT2D eigenvalue weighted by atomic mass is 16.4. The molecule has 90 valence electrons. The molecule has 1 N–H and O–H groups in total. The number of nitrogens with zero attached hydrogens (tertiary/aromatic N) is 3. The zero-order chi connectivity index (χ0) is 12.6. The average molecular weight is 233 g/mol. The normalized spacial score (nSPS) is 11.3. The second kappa shape index (κ2) is 4.16. The summed E-state index contributed by atoms with van der Waals surface area (Å²) >= 11 is 0. The molecule has 0 radical (unpaired) electrons. The molecule has 0 amide bonds. The van der Waals surface area contributed by atoms with Crippen LogP contribution in [-0.2, 0) is 6.42 Å². The first-order valence-corrected chi connectivity index (χ1v) is 5.66. The van der Waals surface area contributed by atoms with Crippen molar-refractivity contribution in [2.75, 3.05) is 0 Å². The molecule has 2 heterocycles. The van der Waals surface area contributed by atoms with Gasteiger partial charge < -0.3 is 5.11 Å². The fourth-order valence-corrected chi connectivity index (χ4v) is 1.74. The number of aromatic carboxylic acids is 1. The second-order valence-electron chi connectivity index (χ2n) is 4.25. The minimum atomic E-state index is -1.01. The van der Waals surface area contributed by atoms with Crippen molar-refractivity contribution in [2.45, 2.75) is 33.1 Å². The van der Waals surface area contributed by atoms with Gasteiger partial charge in [-0.25, -0.2) is 14.3 Å². The Labute approximate surface area is 99.1 Å². The minimum Gasteiger partial charge on any atom is -0.476 e. The SMILES string of the molecule is CCc1nc(C(=O)O)c2ccc(C(C)C)nn12. The van der Waals surface area contributed by atoms with Gasteiger partial charge in [0.2, 0.25) is 0 Å². The van der Waals surface area contributed by atoms with Crippen molar-refractivity contribution >= 4 is 11.5 Å². The van der Waals surface area contributed by atoms with Crippen LogP contribution < -0.4 is 0 Å². The van der Waals surface area contributed by atoms with Crippen LogP contribution in [0.4, 0.5) is 0 Å². The molecule has 0 aliphatic carbocycles. The molecule has 0 atom stereocenters. The summed E-state index contributed by atoms with van der Waals surface area (Å²) in [5, 5.41) is 13.5. The van der Waals surface area contributed by atoms with Crippen LogP contribution in [-0.4, -0.2) is 25.7 Å². The van der Waals surface area contributed by atoms with Gasteiger partial charge in [0.15, 0.2) is 5.69 Å². The molecule has 5 nitrogen and oxygen atoms in total. The molecule has 2 aromatic heterocycles. The molecule has 0 aliphatic rings. The van der Waals surface area contributed by atoms with Crippen molar-refractivity contribution in [1.82, 2.24) is 14.6 Å². The summed E-state index contributed by atoms with van der Waals surface area (Å²) in [6, 6.07) is 3.63. The Kier molecular flexibility index (Phi) is 2.83. The van der Waals surface area contributed by atoms with Crippen LogP contribution in [0.25, 0.3) is 5.52 Å². The first-order valence-electron chi connectivity index (χ1n) is 5.66. The molecule has 0 aromatic carbocycles. The third kappa shape index (κ3) is 1.88. The fourth-order valence-electron chi connectivity index (χ4n) is 1.74. The van der Waals surface area contributed by atoms with Crippen LogP contribution in [0.15, 0.2) is 12.1 Å². The average Bonchev–Trinajstić information content (AvgIpc) is 2.66. The van der Waals surface area contributed by atoms with Crippen LogP contribution in [0.3, 0.4) is 0 Å². The highest BCUT2D eigenvalue weighted by Gasteiger charge is 2.17. The van der Waals surface area contributed by atoms with Crippen molar-refractivity contribution in [3.8, 4) is 0 Å². The van der Waals surface area contributed by atoms with Crippen molar-refractivity contribution < 1.29 is 9.90 Å². The van der Waals surface area contributed by atoms with Crippen LogP contribution in [0.1, 0.15) is 48.7 Å². The number of carboxylic acid groups (broad SMARTS) is 1. The molecule has 2 rings (SSSR count). The Bertz CT molecular complexity index is 572. The third-order valence-electron chi connectivity index (χ3n) is 2.69. The molecule has 5 heteroatoms. The van der Waals surface area contributed by atoms with Gasteiger partial charge >= 0.3 is 5.97 Å². The highest BCUT2D eigenvalue weighted by molar-refractivity contribution is 5.93. The molecule has 2 aromatic rings. The molecule has 0 saturated carbocycles. The maximum Gasteiger partial charge on any atom is 0.356 e. The van der Waals surface area contributed by atoms with Crippen molar-refractivity contribution in [3.63, 3.8) is 0 Å². The zero-order valence-corrected chi connectivity index (χ0v) is 10.1. The van der Waals surface area contributed by atoms with E-state index < -0.39 is 5.97 Å². The molecular formula is C12H15N3O2. The first-order chi connectivity index (χ1) is 8.04. The molecule has 0 spiro atoms. The Hall–Kier alpha value is -1.91. The van der Waals surface area contributed by atoms with Crippen LogP contribution in [0, 0.1) is 0 Å². The van der Waals surface area contributed by atoms with Gasteiger partial charge in [-0.05, 0) is 18.1 Å². The molecule has 0 fully saturated rings. The lowest BCUT2D eigenvalue weighted by Crippen LogP contribution is -2.03. The van der Waals surface area contributed by atoms with Crippen LogP contribution in [0.2, 0.25) is 0 Å². The summed E-state index contributed by atoms with van der Waals surface area (Å²) in [6.45, 7) is 6.04. The lowest BCUT2D eigenvalue weighted by molar-refractivity contribution is 0.0693. The zero-order valence-electron chi connectivity index (χ0n) is 10.1. The van der Waals surface area contributed by atoms with E-state index in [4.69, 9.17) is 5.11 Å². The quantitative estimate of drug-likeness (QED) is 0.881. The summed E-state index contributed by atoms with van der Waals surface area (Å²) < 4.78 is 1.64. The first kappa shape index (κ1) is 11.6. The van der Waals surface area contributed by atoms with E-state index in [0.29, 0.717) is 23.7 Å². The largest absolute Gasteiger partial charge is 0.476 e. The van der Waals surface area contributed by atoms with Gasteiger partial charge in [0.1, 0.15) is 5.82 Å². The number of carboxylic acids is 1. The summed E-state index contributed by atoms with van der Waals surface area (Å²) in [7, 11) is 0. The topological polar surface area (TPSA) is 67.5 Å². The van der Waals surface area contributed by atoms with E-state index >= 15 is 0 Å². The third-order valence-corrected chi connectivity index (χ3v) is 2.69. The number of aromatic nitrogens is 3. The molecule has 0 saturated heterocycles. The van der Waals surface area contributed by atoms with Crippen molar-refractivity contribution in [3.05, 3.63) is 29.3 Å². The number of hydrogen-bond donors (Lipinski definition) is 1. The van der Waals surface area contributed by atoms with Gasteiger partial charge in [-0.2, -0.15) is 5.10 Å². The number of hydrogen-bond acceptors (Lipinski definition) is 3. The van der Waals surface area contributed by atoms with E-state index in [1.807, 2.05) is 13.0 Å². The predicted octanol–water partition coefficient (Wildman–Crippen LogP) is 2.11. The summed E-state index contributed by atoms with van der Waals surface area (Å²) in [5.74, 6) is -0.0269. The van der Waals surface area contributed by atoms with Gasteiger partial charge in [-0.15, -0.1) is 0 Å². The predicted molar refractivity (Wildman–Crippen MR) is 63.4 cm³/mol. The van der Waals surface area contributed by atoms with Gasteiger partial charge in [0, 0.05) is 6.42 Å². The Morgan fingerprint density at radius 2 is 2.18 bits per heavy atom. The fraction of sp³-hybridized carbons (Fsp3) is 0.417. The van der Waals surface area contributed by atoms with Crippen molar-refractivity contribution in [1.29, 1.82) is 0 Å². The Morgan fingerprint density at radius 1 is 1.47 bits per heavy atom. The maximum atomic E-state index is 11.1. The van der Waals surface area contributed by atoms with E-state index in [2.05, 4.69) is 23.9 Å². The standard InChI is InChI=1S/C12H15N3O2/c1-4-10-13-11(12(16)17)9-6-5-8(7(2)3)14-15(9)10/h5-7H,4H2,1-3H3,(H,16,17). The lowest BCUT2D eigenvalue weighted by atomic mass is 10.1. The molecular weight excluding hydrogens is 218 g/mol. The van der Waals surface area contributed by atoms with Gasteiger partial charge in [0.25, 0.3) is 0 Å². The monoisotopic (exact) mass is 233 g/mol. The van der Waals surface area contributed by atoms with Crippen molar-refractivity contribution in [2.24, 2.45) is 0 Å². The smallest absolute Gasteiger partial charge is 0.356 e. The molecule has 17 heavy (non-hydrogen) atoms. The number of imidazole rings is 1. The van der Waals surface area contributed by atoms with E-state index in [0.717, 1.165) is 5.69 Å². The Morgan fingerprint density at radius 3 is 2.71 bits per heavy atom. The highest BCUT2D eigenvalue weighted by Crippen LogP contribution is 2.17. The molecule has 0 aliphatic heterocycles. The van der Waals surface area contributed by atoms with Gasteiger partial charge in [-0.1, -0.05) is 20.8 Å². The Balaban J connectivity index is 2.72. The number of rotatable bonds is 3. The van der Waals surface area contributed by atoms with E-state index in [-0.39, 0.29) is 5.69 Å². The molecule has 0 unspecified atom stereocenters. The minimum absolute atomic E-state index is 0.0738. The van der Waals surface area contributed by atoms with Crippen LogP contribution in [0.5, 0.6) is 0 Å². The second-order valence-corrected chi connectivity index (χ2v) is 4.25. The lowest BCUT2D eigenvalue weighted by Gasteiger charge is -2.05.